The van der Waals surface area contributed by atoms with E-state index < -0.39 is 17.8 Å². The van der Waals surface area contributed by atoms with E-state index in [0.29, 0.717) is 0 Å². The van der Waals surface area contributed by atoms with Crippen molar-refractivity contribution < 1.29 is 18.3 Å². The fourth-order valence-electron chi connectivity index (χ4n) is 1.06. The average molecular weight is 235 g/mol. The van der Waals surface area contributed by atoms with E-state index in [1.54, 1.807) is 0 Å². The van der Waals surface area contributed by atoms with Crippen LogP contribution in [0.15, 0.2) is 12.1 Å². The van der Waals surface area contributed by atoms with Crippen molar-refractivity contribution >= 4 is 11.6 Å². The first kappa shape index (κ1) is 12.6. The molecule has 4 N–H and O–H groups in total. The molecule has 0 saturated carbocycles. The van der Waals surface area contributed by atoms with Crippen molar-refractivity contribution in [1.29, 1.82) is 0 Å². The SMILES string of the molecule is CC(O)CNc1cc(C(F)(F)F)cc(N)n1. The number of aliphatic hydroxyl groups excluding tert-OH is 1. The van der Waals surface area contributed by atoms with E-state index in [1.165, 1.54) is 6.92 Å². The number of hydrogen-bond donors (Lipinski definition) is 3. The van der Waals surface area contributed by atoms with Crippen molar-refractivity contribution in [3.8, 4) is 0 Å². The third-order valence-electron chi connectivity index (χ3n) is 1.75. The molecule has 4 nitrogen and oxygen atoms in total. The lowest BCUT2D eigenvalue weighted by molar-refractivity contribution is -0.137. The lowest BCUT2D eigenvalue weighted by Crippen LogP contribution is -2.17. The molecular weight excluding hydrogens is 223 g/mol. The topological polar surface area (TPSA) is 71.2 Å². The predicted octanol–water partition coefficient (Wildman–Crippen LogP) is 1.48. The van der Waals surface area contributed by atoms with Gasteiger partial charge in [-0.1, -0.05) is 0 Å². The summed E-state index contributed by atoms with van der Waals surface area (Å²) in [7, 11) is 0. The van der Waals surface area contributed by atoms with Crippen molar-refractivity contribution in [2.75, 3.05) is 17.6 Å². The summed E-state index contributed by atoms with van der Waals surface area (Å²) in [4.78, 5) is 3.67. The molecule has 0 saturated heterocycles. The number of halogens is 3. The molecule has 1 aromatic heterocycles. The Morgan fingerprint density at radius 3 is 2.62 bits per heavy atom. The molecule has 0 aromatic carbocycles. The van der Waals surface area contributed by atoms with E-state index >= 15 is 0 Å². The third-order valence-corrected chi connectivity index (χ3v) is 1.75. The number of aliphatic hydroxyl groups is 1. The van der Waals surface area contributed by atoms with Crippen LogP contribution in [0, 0.1) is 0 Å². The summed E-state index contributed by atoms with van der Waals surface area (Å²) in [6.45, 7) is 1.61. The van der Waals surface area contributed by atoms with Crippen LogP contribution in [0.4, 0.5) is 24.8 Å². The van der Waals surface area contributed by atoms with E-state index in [9.17, 15) is 13.2 Å². The Labute approximate surface area is 90.3 Å². The van der Waals surface area contributed by atoms with Gasteiger partial charge in [0, 0.05) is 6.54 Å². The highest BCUT2D eigenvalue weighted by Crippen LogP contribution is 2.31. The molecule has 0 aliphatic heterocycles. The standard InChI is InChI=1S/C9H12F3N3O/c1-5(16)4-14-8-3-6(9(10,11)12)2-7(13)15-8/h2-3,5,16H,4H2,1H3,(H3,13,14,15). The molecule has 1 rings (SSSR count). The Morgan fingerprint density at radius 1 is 1.50 bits per heavy atom. The maximum atomic E-state index is 12.4. The number of pyridine rings is 1. The average Bonchev–Trinajstić information content (AvgIpc) is 2.12. The lowest BCUT2D eigenvalue weighted by atomic mass is 10.2. The highest BCUT2D eigenvalue weighted by molar-refractivity contribution is 5.47. The fourth-order valence-corrected chi connectivity index (χ4v) is 1.06. The minimum atomic E-state index is -4.46. The van der Waals surface area contributed by atoms with Crippen LogP contribution in [-0.2, 0) is 6.18 Å². The molecule has 0 bridgehead atoms. The van der Waals surface area contributed by atoms with Crippen molar-refractivity contribution in [3.05, 3.63) is 17.7 Å². The molecule has 0 aliphatic rings. The van der Waals surface area contributed by atoms with Crippen LogP contribution in [-0.4, -0.2) is 22.7 Å². The zero-order valence-electron chi connectivity index (χ0n) is 8.54. The molecular formula is C9H12F3N3O. The second-order valence-corrected chi connectivity index (χ2v) is 3.39. The Kier molecular flexibility index (Phi) is 3.58. The van der Waals surface area contributed by atoms with Gasteiger partial charge in [0.25, 0.3) is 0 Å². The van der Waals surface area contributed by atoms with Gasteiger partial charge in [-0.15, -0.1) is 0 Å². The largest absolute Gasteiger partial charge is 0.416 e. The van der Waals surface area contributed by atoms with Crippen LogP contribution in [0.2, 0.25) is 0 Å². The van der Waals surface area contributed by atoms with Crippen LogP contribution in [0.5, 0.6) is 0 Å². The van der Waals surface area contributed by atoms with Gasteiger partial charge in [-0.05, 0) is 19.1 Å². The molecule has 16 heavy (non-hydrogen) atoms. The first-order chi connectivity index (χ1) is 7.29. The van der Waals surface area contributed by atoms with Crippen molar-refractivity contribution in [2.45, 2.75) is 19.2 Å². The van der Waals surface area contributed by atoms with Gasteiger partial charge in [-0.2, -0.15) is 13.2 Å². The van der Waals surface area contributed by atoms with Gasteiger partial charge in [0.1, 0.15) is 11.6 Å². The molecule has 0 fully saturated rings. The highest BCUT2D eigenvalue weighted by atomic mass is 19.4. The Balaban J connectivity index is 2.90. The summed E-state index contributed by atoms with van der Waals surface area (Å²) in [6, 6.07) is 1.60. The highest BCUT2D eigenvalue weighted by Gasteiger charge is 2.31. The number of rotatable bonds is 3. The second kappa shape index (κ2) is 4.56. The number of nitrogen functional groups attached to an aromatic ring is 1. The number of nitrogens with two attached hydrogens (primary N) is 1. The maximum absolute atomic E-state index is 12.4. The monoisotopic (exact) mass is 235 g/mol. The van der Waals surface area contributed by atoms with Gasteiger partial charge in [0.2, 0.25) is 0 Å². The quantitative estimate of drug-likeness (QED) is 0.742. The third kappa shape index (κ3) is 3.58. The van der Waals surface area contributed by atoms with Crippen LogP contribution in [0.1, 0.15) is 12.5 Å². The van der Waals surface area contributed by atoms with E-state index in [1.807, 2.05) is 0 Å². The molecule has 1 unspecified atom stereocenters. The molecule has 7 heteroatoms. The van der Waals surface area contributed by atoms with Gasteiger partial charge < -0.3 is 16.2 Å². The Morgan fingerprint density at radius 2 is 2.12 bits per heavy atom. The molecule has 0 radical (unpaired) electrons. The molecule has 1 aromatic rings. The lowest BCUT2D eigenvalue weighted by Gasteiger charge is -2.11. The molecule has 0 spiro atoms. The number of hydrogen-bond acceptors (Lipinski definition) is 4. The minimum absolute atomic E-state index is 0.00627. The first-order valence-corrected chi connectivity index (χ1v) is 4.55. The number of nitrogens with zero attached hydrogens (tertiary/aromatic N) is 1. The van der Waals surface area contributed by atoms with E-state index in [2.05, 4.69) is 10.3 Å². The van der Waals surface area contributed by atoms with Crippen LogP contribution < -0.4 is 11.1 Å². The van der Waals surface area contributed by atoms with Crippen molar-refractivity contribution in [3.63, 3.8) is 0 Å². The van der Waals surface area contributed by atoms with Gasteiger partial charge >= 0.3 is 6.18 Å². The van der Waals surface area contributed by atoms with Crippen molar-refractivity contribution in [1.82, 2.24) is 4.98 Å². The van der Waals surface area contributed by atoms with Gasteiger partial charge in [0.15, 0.2) is 0 Å². The Hall–Kier alpha value is -1.50. The van der Waals surface area contributed by atoms with Gasteiger partial charge in [-0.25, -0.2) is 4.98 Å². The van der Waals surface area contributed by atoms with Crippen LogP contribution >= 0.6 is 0 Å². The molecule has 90 valence electrons. The maximum Gasteiger partial charge on any atom is 0.416 e. The number of nitrogens with one attached hydrogen (secondary N) is 1. The number of anilines is 2. The normalized spacial score (nSPS) is 13.6. The second-order valence-electron chi connectivity index (χ2n) is 3.39. The van der Waals surface area contributed by atoms with Gasteiger partial charge in [-0.3, -0.25) is 0 Å². The zero-order valence-corrected chi connectivity index (χ0v) is 8.54. The summed E-state index contributed by atoms with van der Waals surface area (Å²) in [6.07, 6.45) is -5.14. The number of aromatic nitrogens is 1. The fraction of sp³-hybridized carbons (Fsp3) is 0.444. The zero-order chi connectivity index (χ0) is 12.3. The number of alkyl halides is 3. The van der Waals surface area contributed by atoms with Gasteiger partial charge in [0.05, 0.1) is 11.7 Å². The first-order valence-electron chi connectivity index (χ1n) is 4.55. The summed E-state index contributed by atoms with van der Waals surface area (Å²) < 4.78 is 37.2. The summed E-state index contributed by atoms with van der Waals surface area (Å²) in [5, 5.41) is 11.5. The summed E-state index contributed by atoms with van der Waals surface area (Å²) in [5.41, 5.74) is 4.38. The summed E-state index contributed by atoms with van der Waals surface area (Å²) >= 11 is 0. The molecule has 0 amide bonds. The van der Waals surface area contributed by atoms with Crippen LogP contribution in [0.3, 0.4) is 0 Å². The Bertz CT molecular complexity index is 366. The van der Waals surface area contributed by atoms with Crippen LogP contribution in [0.25, 0.3) is 0 Å². The summed E-state index contributed by atoms with van der Waals surface area (Å²) in [5.74, 6) is -0.226. The molecule has 1 atom stereocenters. The van der Waals surface area contributed by atoms with Crippen molar-refractivity contribution in [2.24, 2.45) is 0 Å². The van der Waals surface area contributed by atoms with E-state index in [0.717, 1.165) is 12.1 Å². The molecule has 1 heterocycles. The predicted molar refractivity (Wildman–Crippen MR) is 53.8 cm³/mol. The molecule has 0 aliphatic carbocycles. The smallest absolute Gasteiger partial charge is 0.392 e. The minimum Gasteiger partial charge on any atom is -0.392 e. The van der Waals surface area contributed by atoms with E-state index in [-0.39, 0.29) is 18.2 Å². The van der Waals surface area contributed by atoms with E-state index in [4.69, 9.17) is 10.8 Å².